The summed E-state index contributed by atoms with van der Waals surface area (Å²) in [5.74, 6) is 0. The molecule has 0 amide bonds. The molecule has 30 heavy (non-hydrogen) atoms. The number of hydrogen-bond acceptors (Lipinski definition) is 0. The zero-order valence-electron chi connectivity index (χ0n) is 18.2. The molecular weight excluding hydrogens is 384 g/mol. The molecule has 0 aromatic heterocycles. The molecule has 0 unspecified atom stereocenters. The van der Waals surface area contributed by atoms with Crippen LogP contribution in [-0.2, 0) is 10.8 Å². The quantitative estimate of drug-likeness (QED) is 0.224. The minimum absolute atomic E-state index is 0.0561. The van der Waals surface area contributed by atoms with Crippen LogP contribution in [0, 0.1) is 0 Å². The average molecular weight is 409 g/mol. The van der Waals surface area contributed by atoms with Crippen molar-refractivity contribution in [3.8, 4) is 11.1 Å². The molecule has 0 spiro atoms. The number of rotatable bonds is 0. The van der Waals surface area contributed by atoms with Gasteiger partial charge in [-0.05, 0) is 83.7 Å². The molecule has 6 rings (SSSR count). The van der Waals surface area contributed by atoms with Crippen LogP contribution in [0.3, 0.4) is 0 Å². The summed E-state index contributed by atoms with van der Waals surface area (Å²) in [7, 11) is 0. The van der Waals surface area contributed by atoms with Crippen molar-refractivity contribution in [2.75, 3.05) is 0 Å². The highest BCUT2D eigenvalue weighted by Crippen LogP contribution is 2.54. The molecule has 0 saturated heterocycles. The summed E-state index contributed by atoms with van der Waals surface area (Å²) in [5, 5.41) is 8.96. The molecule has 1 aliphatic rings. The van der Waals surface area contributed by atoms with Crippen LogP contribution in [0.25, 0.3) is 43.4 Å². The Bertz CT molecular complexity index is 1480. The average Bonchev–Trinajstić information content (AvgIpc) is 2.91. The lowest BCUT2D eigenvalue weighted by Gasteiger charge is -2.24. The van der Waals surface area contributed by atoms with Crippen LogP contribution in [0.2, 0.25) is 5.02 Å². The molecule has 0 nitrogen and oxygen atoms in total. The Balaban J connectivity index is 1.80. The zero-order valence-corrected chi connectivity index (χ0v) is 18.9. The first-order valence-corrected chi connectivity index (χ1v) is 11.1. The first-order chi connectivity index (χ1) is 14.2. The minimum atomic E-state index is -0.0561. The number of fused-ring (bicyclic) bond motifs is 4. The van der Waals surface area contributed by atoms with Crippen molar-refractivity contribution in [1.29, 1.82) is 0 Å². The number of hydrogen-bond donors (Lipinski definition) is 0. The van der Waals surface area contributed by atoms with Crippen LogP contribution >= 0.6 is 11.6 Å². The van der Waals surface area contributed by atoms with Gasteiger partial charge >= 0.3 is 0 Å². The van der Waals surface area contributed by atoms with Crippen molar-refractivity contribution in [1.82, 2.24) is 0 Å². The SMILES string of the molecule is CC(C)(C)c1cc2ccc3cc4c(c5ccc(c1)c2c35)-c1ccc(Cl)cc1C4(C)C. The summed E-state index contributed by atoms with van der Waals surface area (Å²) in [6, 6.07) is 22.8. The predicted molar refractivity (Wildman–Crippen MR) is 131 cm³/mol. The Kier molecular flexibility index (Phi) is 3.38. The molecule has 0 aliphatic heterocycles. The Hall–Kier alpha value is -2.57. The molecule has 148 valence electrons. The molecule has 0 heterocycles. The second kappa shape index (κ2) is 5.56. The standard InChI is InChI=1S/C29H25Cl/c1-28(2,3)19-12-16-6-7-18-14-24-27(22-10-8-17(13-19)25(16)26(18)22)21-11-9-20(30)15-23(21)29(24,4)5/h6-15H,1-5H3. The van der Waals surface area contributed by atoms with Gasteiger partial charge in [0.1, 0.15) is 0 Å². The number of halogens is 1. The molecule has 0 atom stereocenters. The van der Waals surface area contributed by atoms with Crippen molar-refractivity contribution in [2.24, 2.45) is 0 Å². The van der Waals surface area contributed by atoms with Gasteiger partial charge in [0.2, 0.25) is 0 Å². The molecule has 5 aromatic rings. The van der Waals surface area contributed by atoms with Gasteiger partial charge in [0.15, 0.2) is 0 Å². The van der Waals surface area contributed by atoms with E-state index in [4.69, 9.17) is 11.6 Å². The van der Waals surface area contributed by atoms with Crippen molar-refractivity contribution in [3.05, 3.63) is 82.4 Å². The van der Waals surface area contributed by atoms with Crippen molar-refractivity contribution < 1.29 is 0 Å². The van der Waals surface area contributed by atoms with E-state index in [-0.39, 0.29) is 10.8 Å². The van der Waals surface area contributed by atoms with Gasteiger partial charge in [-0.2, -0.15) is 0 Å². The van der Waals surface area contributed by atoms with E-state index < -0.39 is 0 Å². The third-order valence-electron chi connectivity index (χ3n) is 7.18. The molecule has 0 saturated carbocycles. The summed E-state index contributed by atoms with van der Waals surface area (Å²) in [6.45, 7) is 11.5. The highest BCUT2D eigenvalue weighted by molar-refractivity contribution is 6.31. The lowest BCUT2D eigenvalue weighted by Crippen LogP contribution is -2.15. The largest absolute Gasteiger partial charge is 0.0843 e. The maximum absolute atomic E-state index is 6.40. The summed E-state index contributed by atoms with van der Waals surface area (Å²) in [4.78, 5) is 0. The first-order valence-electron chi connectivity index (χ1n) is 10.7. The fourth-order valence-electron chi connectivity index (χ4n) is 5.51. The van der Waals surface area contributed by atoms with Crippen molar-refractivity contribution in [2.45, 2.75) is 45.4 Å². The van der Waals surface area contributed by atoms with Gasteiger partial charge < -0.3 is 0 Å². The normalized spacial score (nSPS) is 15.3. The summed E-state index contributed by atoms with van der Waals surface area (Å²) < 4.78 is 0. The second-order valence-electron chi connectivity index (χ2n) is 10.4. The second-order valence-corrected chi connectivity index (χ2v) is 10.9. The zero-order chi connectivity index (χ0) is 21.0. The van der Waals surface area contributed by atoms with Crippen LogP contribution in [0.1, 0.15) is 51.3 Å². The monoisotopic (exact) mass is 408 g/mol. The van der Waals surface area contributed by atoms with Gasteiger partial charge in [-0.3, -0.25) is 0 Å². The molecular formula is C29H25Cl. The van der Waals surface area contributed by atoms with E-state index in [1.807, 2.05) is 6.07 Å². The lowest BCUT2D eigenvalue weighted by atomic mass is 9.80. The van der Waals surface area contributed by atoms with Crippen molar-refractivity contribution in [3.63, 3.8) is 0 Å². The molecule has 5 aromatic carbocycles. The third kappa shape index (κ3) is 2.23. The molecule has 0 bridgehead atoms. The number of benzene rings is 5. The Morgan fingerprint density at radius 1 is 0.700 bits per heavy atom. The van der Waals surface area contributed by atoms with Crippen LogP contribution in [0.15, 0.2) is 60.7 Å². The molecule has 0 radical (unpaired) electrons. The Morgan fingerprint density at radius 2 is 1.33 bits per heavy atom. The van der Waals surface area contributed by atoms with Crippen LogP contribution in [-0.4, -0.2) is 0 Å². The maximum atomic E-state index is 6.40. The van der Waals surface area contributed by atoms with E-state index in [0.717, 1.165) is 5.02 Å². The summed E-state index contributed by atoms with van der Waals surface area (Å²) >= 11 is 6.40. The van der Waals surface area contributed by atoms with Gasteiger partial charge in [-0.25, -0.2) is 0 Å². The molecule has 0 fully saturated rings. The van der Waals surface area contributed by atoms with Gasteiger partial charge in [0.05, 0.1) is 0 Å². The highest BCUT2D eigenvalue weighted by Gasteiger charge is 2.37. The predicted octanol–water partition coefficient (Wildman–Crippen LogP) is 8.84. The molecule has 1 aliphatic carbocycles. The van der Waals surface area contributed by atoms with Gasteiger partial charge in [0.25, 0.3) is 0 Å². The smallest absolute Gasteiger partial charge is 0.0409 e. The van der Waals surface area contributed by atoms with Crippen molar-refractivity contribution >= 4 is 43.9 Å². The van der Waals surface area contributed by atoms with Gasteiger partial charge in [-0.1, -0.05) is 88.7 Å². The minimum Gasteiger partial charge on any atom is -0.0843 e. The fraction of sp³-hybridized carbons (Fsp3) is 0.241. The summed E-state index contributed by atoms with van der Waals surface area (Å²) in [5.41, 5.74) is 6.91. The van der Waals surface area contributed by atoms with Crippen LogP contribution < -0.4 is 0 Å². The Labute approximate surface area is 182 Å². The van der Waals surface area contributed by atoms with E-state index in [9.17, 15) is 0 Å². The van der Waals surface area contributed by atoms with E-state index in [1.54, 1.807) is 0 Å². The maximum Gasteiger partial charge on any atom is 0.0409 e. The van der Waals surface area contributed by atoms with E-state index in [2.05, 4.69) is 89.2 Å². The molecule has 0 N–H and O–H groups in total. The summed E-state index contributed by atoms with van der Waals surface area (Å²) in [6.07, 6.45) is 0. The first kappa shape index (κ1) is 18.2. The topological polar surface area (TPSA) is 0 Å². The lowest BCUT2D eigenvalue weighted by molar-refractivity contribution is 0.591. The van der Waals surface area contributed by atoms with Crippen LogP contribution in [0.4, 0.5) is 0 Å². The highest BCUT2D eigenvalue weighted by atomic mass is 35.5. The molecule has 1 heteroatoms. The van der Waals surface area contributed by atoms with Gasteiger partial charge in [-0.15, -0.1) is 0 Å². The third-order valence-corrected chi connectivity index (χ3v) is 7.42. The van der Waals surface area contributed by atoms with E-state index in [0.29, 0.717) is 0 Å². The van der Waals surface area contributed by atoms with Gasteiger partial charge in [0, 0.05) is 10.4 Å². The fourth-order valence-corrected chi connectivity index (χ4v) is 5.68. The Morgan fingerprint density at radius 3 is 2.00 bits per heavy atom. The van der Waals surface area contributed by atoms with E-state index in [1.165, 1.54) is 60.1 Å². The van der Waals surface area contributed by atoms with Crippen LogP contribution in [0.5, 0.6) is 0 Å². The van der Waals surface area contributed by atoms with E-state index >= 15 is 0 Å².